The van der Waals surface area contributed by atoms with Gasteiger partial charge in [-0.2, -0.15) is 0 Å². The predicted molar refractivity (Wildman–Crippen MR) is 106 cm³/mol. The van der Waals surface area contributed by atoms with Gasteiger partial charge in [-0.3, -0.25) is 9.78 Å². The van der Waals surface area contributed by atoms with Gasteiger partial charge in [0, 0.05) is 25.0 Å². The molecule has 2 heterocycles. The highest BCUT2D eigenvalue weighted by atomic mass is 16.1. The van der Waals surface area contributed by atoms with E-state index in [1.54, 1.807) is 17.7 Å². The molecule has 0 saturated carbocycles. The van der Waals surface area contributed by atoms with Crippen molar-refractivity contribution in [3.8, 4) is 0 Å². The predicted octanol–water partition coefficient (Wildman–Crippen LogP) is 2.20. The Hall–Kier alpha value is -2.60. The fourth-order valence-corrected chi connectivity index (χ4v) is 2.92. The Morgan fingerprint density at radius 1 is 1.23 bits per heavy atom. The molecule has 0 amide bonds. The molecule has 2 aromatic heterocycles. The summed E-state index contributed by atoms with van der Waals surface area (Å²) in [6.07, 6.45) is 4.65. The summed E-state index contributed by atoms with van der Waals surface area (Å²) < 4.78 is 1.64. The molecule has 26 heavy (non-hydrogen) atoms. The first-order valence-corrected chi connectivity index (χ1v) is 9.00. The van der Waals surface area contributed by atoms with Crippen molar-refractivity contribution in [1.82, 2.24) is 14.6 Å². The first-order chi connectivity index (χ1) is 12.4. The minimum absolute atomic E-state index is 0.0804. The van der Waals surface area contributed by atoms with Crippen molar-refractivity contribution >= 4 is 5.70 Å². The average Bonchev–Trinajstić information content (AvgIpc) is 2.62. The summed E-state index contributed by atoms with van der Waals surface area (Å²) in [5, 5.41) is 1.46. The van der Waals surface area contributed by atoms with Gasteiger partial charge in [-0.05, 0) is 37.0 Å². The van der Waals surface area contributed by atoms with Crippen LogP contribution in [0.5, 0.6) is 0 Å². The number of hydrogen-bond acceptors (Lipinski definition) is 5. The lowest BCUT2D eigenvalue weighted by molar-refractivity contribution is 0.409. The summed E-state index contributed by atoms with van der Waals surface area (Å²) in [5.41, 5.74) is 11.4. The van der Waals surface area contributed by atoms with Crippen LogP contribution in [0.4, 0.5) is 0 Å². The van der Waals surface area contributed by atoms with E-state index in [1.807, 2.05) is 31.3 Å². The lowest BCUT2D eigenvalue weighted by Gasteiger charge is -2.21. The molecule has 6 heteroatoms. The SMILES string of the molecule is CCCc1ccc(=O)n(C/C(=C(/N)c2ccc(C)c(CC)n2)N(C)N)c1. The topological polar surface area (TPSA) is 90.2 Å². The summed E-state index contributed by atoms with van der Waals surface area (Å²) in [4.78, 5) is 16.9. The van der Waals surface area contributed by atoms with Crippen LogP contribution in [0.25, 0.3) is 5.70 Å². The minimum atomic E-state index is -0.0804. The monoisotopic (exact) mass is 355 g/mol. The second kappa shape index (κ2) is 8.67. The molecule has 0 aliphatic rings. The Balaban J connectivity index is 2.47. The zero-order valence-electron chi connectivity index (χ0n) is 16.1. The number of hydrazine groups is 1. The zero-order chi connectivity index (χ0) is 19.3. The summed E-state index contributed by atoms with van der Waals surface area (Å²) in [6.45, 7) is 6.51. The number of pyridine rings is 2. The molecule has 0 saturated heterocycles. The van der Waals surface area contributed by atoms with E-state index in [2.05, 4.69) is 18.8 Å². The number of likely N-dealkylation sites (N-methyl/N-ethyl adjacent to an activating group) is 1. The molecule has 0 aliphatic heterocycles. The highest BCUT2D eigenvalue weighted by Gasteiger charge is 2.13. The van der Waals surface area contributed by atoms with E-state index in [4.69, 9.17) is 11.6 Å². The summed E-state index contributed by atoms with van der Waals surface area (Å²) in [5.74, 6) is 6.02. The third-order valence-corrected chi connectivity index (χ3v) is 4.45. The summed E-state index contributed by atoms with van der Waals surface area (Å²) in [6, 6.07) is 7.37. The Morgan fingerprint density at radius 3 is 2.58 bits per heavy atom. The maximum Gasteiger partial charge on any atom is 0.250 e. The first kappa shape index (κ1) is 19.7. The van der Waals surface area contributed by atoms with Crippen molar-refractivity contribution in [3.63, 3.8) is 0 Å². The Bertz CT molecular complexity index is 852. The van der Waals surface area contributed by atoms with Crippen LogP contribution in [0, 0.1) is 6.92 Å². The van der Waals surface area contributed by atoms with E-state index < -0.39 is 0 Å². The van der Waals surface area contributed by atoms with Crippen LogP contribution < -0.4 is 17.1 Å². The molecule has 0 spiro atoms. The molecular formula is C20H29N5O. The van der Waals surface area contributed by atoms with Gasteiger partial charge in [0.05, 0.1) is 23.6 Å². The molecule has 0 aromatic carbocycles. The molecule has 2 aromatic rings. The lowest BCUT2D eigenvalue weighted by Crippen LogP contribution is -2.33. The van der Waals surface area contributed by atoms with E-state index in [9.17, 15) is 4.79 Å². The fraction of sp³-hybridized carbons (Fsp3) is 0.400. The van der Waals surface area contributed by atoms with Crippen LogP contribution in [0.1, 0.15) is 42.8 Å². The van der Waals surface area contributed by atoms with Gasteiger partial charge in [0.15, 0.2) is 0 Å². The zero-order valence-corrected chi connectivity index (χ0v) is 16.1. The molecule has 0 aliphatic carbocycles. The molecule has 0 bridgehead atoms. The van der Waals surface area contributed by atoms with Gasteiger partial charge in [-0.25, -0.2) is 5.84 Å². The number of nitrogens with two attached hydrogens (primary N) is 2. The average molecular weight is 355 g/mol. The Morgan fingerprint density at radius 2 is 1.96 bits per heavy atom. The van der Waals surface area contributed by atoms with Crippen molar-refractivity contribution in [1.29, 1.82) is 0 Å². The van der Waals surface area contributed by atoms with E-state index in [1.165, 1.54) is 5.01 Å². The number of hydrogen-bond donors (Lipinski definition) is 2. The van der Waals surface area contributed by atoms with E-state index in [0.29, 0.717) is 23.6 Å². The summed E-state index contributed by atoms with van der Waals surface area (Å²) >= 11 is 0. The molecule has 0 unspecified atom stereocenters. The second-order valence-corrected chi connectivity index (χ2v) is 6.54. The quantitative estimate of drug-likeness (QED) is 0.587. The van der Waals surface area contributed by atoms with Crippen molar-refractivity contribution in [2.45, 2.75) is 46.6 Å². The number of allylic oxidation sites excluding steroid dienone is 1. The van der Waals surface area contributed by atoms with Gasteiger partial charge in [0.1, 0.15) is 0 Å². The first-order valence-electron chi connectivity index (χ1n) is 9.00. The molecule has 0 atom stereocenters. The molecule has 140 valence electrons. The van der Waals surface area contributed by atoms with E-state index in [-0.39, 0.29) is 5.56 Å². The summed E-state index contributed by atoms with van der Waals surface area (Å²) in [7, 11) is 1.72. The Labute approximate surface area is 155 Å². The Kier molecular flexibility index (Phi) is 6.58. The highest BCUT2D eigenvalue weighted by Crippen LogP contribution is 2.17. The van der Waals surface area contributed by atoms with Crippen LogP contribution in [0.15, 0.2) is 41.0 Å². The number of nitrogens with zero attached hydrogens (tertiary/aromatic N) is 3. The number of aryl methyl sites for hydroxylation is 3. The van der Waals surface area contributed by atoms with Crippen molar-refractivity contribution in [2.24, 2.45) is 11.6 Å². The van der Waals surface area contributed by atoms with Crippen molar-refractivity contribution in [2.75, 3.05) is 7.05 Å². The lowest BCUT2D eigenvalue weighted by atomic mass is 10.1. The number of aromatic nitrogens is 2. The molecule has 2 rings (SSSR count). The third kappa shape index (κ3) is 4.52. The fourth-order valence-electron chi connectivity index (χ4n) is 2.92. The van der Waals surface area contributed by atoms with Gasteiger partial charge < -0.3 is 15.3 Å². The maximum atomic E-state index is 12.3. The van der Waals surface area contributed by atoms with Crippen LogP contribution in [-0.2, 0) is 19.4 Å². The van der Waals surface area contributed by atoms with E-state index in [0.717, 1.165) is 36.1 Å². The highest BCUT2D eigenvalue weighted by molar-refractivity contribution is 5.62. The number of rotatable bonds is 7. The van der Waals surface area contributed by atoms with Crippen LogP contribution in [0.2, 0.25) is 0 Å². The standard InChI is InChI=1S/C20H29N5O/c1-5-7-15-9-11-19(26)25(12-15)13-18(24(4)22)20(21)17-10-8-14(3)16(6-2)23-17/h8-12H,5-7,13,21-22H2,1-4H3/b20-18-. The largest absolute Gasteiger partial charge is 0.395 e. The van der Waals surface area contributed by atoms with Gasteiger partial charge in [0.2, 0.25) is 0 Å². The second-order valence-electron chi connectivity index (χ2n) is 6.54. The third-order valence-electron chi connectivity index (χ3n) is 4.45. The smallest absolute Gasteiger partial charge is 0.250 e. The van der Waals surface area contributed by atoms with Gasteiger partial charge in [-0.15, -0.1) is 0 Å². The van der Waals surface area contributed by atoms with Crippen LogP contribution in [-0.4, -0.2) is 21.6 Å². The van der Waals surface area contributed by atoms with Crippen molar-refractivity contribution < 1.29 is 0 Å². The molecule has 4 N–H and O–H groups in total. The van der Waals surface area contributed by atoms with Crippen molar-refractivity contribution in [3.05, 3.63) is 69.0 Å². The van der Waals surface area contributed by atoms with E-state index >= 15 is 0 Å². The van der Waals surface area contributed by atoms with Gasteiger partial charge >= 0.3 is 0 Å². The van der Waals surface area contributed by atoms with Crippen LogP contribution in [0.3, 0.4) is 0 Å². The van der Waals surface area contributed by atoms with Crippen LogP contribution >= 0.6 is 0 Å². The minimum Gasteiger partial charge on any atom is -0.395 e. The molecule has 6 nitrogen and oxygen atoms in total. The van der Waals surface area contributed by atoms with Gasteiger partial charge in [-0.1, -0.05) is 32.4 Å². The molecule has 0 fully saturated rings. The molecular weight excluding hydrogens is 326 g/mol. The van der Waals surface area contributed by atoms with Gasteiger partial charge in [0.25, 0.3) is 5.56 Å². The maximum absolute atomic E-state index is 12.3. The normalized spacial score (nSPS) is 12.0. The molecule has 0 radical (unpaired) electrons.